The van der Waals surface area contributed by atoms with Crippen LogP contribution < -0.4 is 10.9 Å². The van der Waals surface area contributed by atoms with Gasteiger partial charge in [-0.3, -0.25) is 10.2 Å². The third-order valence-corrected chi connectivity index (χ3v) is 5.78. The van der Waals surface area contributed by atoms with E-state index in [9.17, 15) is 10.1 Å². The first-order valence-electron chi connectivity index (χ1n) is 6.86. The Labute approximate surface area is 151 Å². The molecule has 5 nitrogen and oxygen atoms in total. The minimum absolute atomic E-state index is 0.343. The molecule has 0 saturated carbocycles. The van der Waals surface area contributed by atoms with E-state index in [-0.39, 0.29) is 5.91 Å². The van der Waals surface area contributed by atoms with Crippen LogP contribution in [0.5, 0.6) is 0 Å². The zero-order chi connectivity index (χ0) is 17.1. The summed E-state index contributed by atoms with van der Waals surface area (Å²) in [6.07, 6.45) is 1.41. The van der Waals surface area contributed by atoms with Gasteiger partial charge in [0.2, 0.25) is 0 Å². The van der Waals surface area contributed by atoms with E-state index in [4.69, 9.17) is 11.6 Å². The first kappa shape index (κ1) is 16.5. The fourth-order valence-corrected chi connectivity index (χ4v) is 4.19. The molecule has 1 amide bonds. The summed E-state index contributed by atoms with van der Waals surface area (Å²) in [6.45, 7) is 1.85. The van der Waals surface area contributed by atoms with Crippen molar-refractivity contribution in [2.45, 2.75) is 6.92 Å². The van der Waals surface area contributed by atoms with Gasteiger partial charge in [0.15, 0.2) is 0 Å². The van der Waals surface area contributed by atoms with Crippen LogP contribution in [0.2, 0.25) is 5.02 Å². The lowest BCUT2D eigenvalue weighted by Gasteiger charge is -2.03. The molecule has 0 spiro atoms. The van der Waals surface area contributed by atoms with E-state index in [1.807, 2.05) is 42.6 Å². The van der Waals surface area contributed by atoms with Gasteiger partial charge in [-0.25, -0.2) is 4.98 Å². The minimum Gasteiger partial charge on any atom is -0.304 e. The highest BCUT2D eigenvalue weighted by atomic mass is 35.5. The molecule has 0 atom stereocenters. The highest BCUT2D eigenvalue weighted by Crippen LogP contribution is 2.34. The van der Waals surface area contributed by atoms with Gasteiger partial charge in [0, 0.05) is 27.4 Å². The van der Waals surface area contributed by atoms with Crippen LogP contribution in [0.4, 0.5) is 0 Å². The Morgan fingerprint density at radius 1 is 1.42 bits per heavy atom. The van der Waals surface area contributed by atoms with Gasteiger partial charge in [-0.1, -0.05) is 29.8 Å². The van der Waals surface area contributed by atoms with Crippen molar-refractivity contribution in [2.24, 2.45) is 0 Å². The van der Waals surface area contributed by atoms with Crippen molar-refractivity contribution in [3.8, 4) is 6.07 Å². The number of amides is 1. The van der Waals surface area contributed by atoms with Crippen LogP contribution in [0, 0.1) is 18.3 Å². The Kier molecular flexibility index (Phi) is 4.81. The molecule has 0 aliphatic heterocycles. The largest absolute Gasteiger partial charge is 0.304 e. The Bertz CT molecular complexity index is 984. The Morgan fingerprint density at radius 2 is 2.21 bits per heavy atom. The summed E-state index contributed by atoms with van der Waals surface area (Å²) in [5, 5.41) is 12.9. The van der Waals surface area contributed by atoms with E-state index in [0.29, 0.717) is 20.5 Å². The molecule has 24 heavy (non-hydrogen) atoms. The molecule has 0 radical (unpaired) electrons. The van der Waals surface area contributed by atoms with Crippen LogP contribution >= 0.6 is 34.3 Å². The molecule has 2 N–H and O–H groups in total. The number of aryl methyl sites for hydroxylation is 1. The van der Waals surface area contributed by atoms with Gasteiger partial charge in [-0.2, -0.15) is 5.26 Å². The normalized spacial score (nSPS) is 11.3. The molecule has 0 bridgehead atoms. The van der Waals surface area contributed by atoms with E-state index >= 15 is 0 Å². The molecule has 8 heteroatoms. The molecule has 3 rings (SSSR count). The number of halogens is 1. The minimum atomic E-state index is -0.356. The molecule has 2 heterocycles. The molecule has 3 aromatic rings. The van der Waals surface area contributed by atoms with Gasteiger partial charge in [0.25, 0.3) is 5.91 Å². The number of aromatic nitrogens is 1. The standard InChI is InChI=1S/C16H11ClN4OS2/c1-9-8-23-16(20-9)10(6-18)7-19-21-15(22)14-13(17)11-4-2-3-5-12(11)24-14/h2-5,7-8,19H,1H3,(H,21,22)/b10-7+. The second-order valence-corrected chi connectivity index (χ2v) is 7.09. The average Bonchev–Trinajstić information content (AvgIpc) is 3.16. The number of benzene rings is 1. The van der Waals surface area contributed by atoms with Gasteiger partial charge in [0.1, 0.15) is 21.5 Å². The van der Waals surface area contributed by atoms with E-state index in [2.05, 4.69) is 15.8 Å². The summed E-state index contributed by atoms with van der Waals surface area (Å²) in [6, 6.07) is 9.60. The van der Waals surface area contributed by atoms with Crippen molar-refractivity contribution in [1.29, 1.82) is 5.26 Å². The van der Waals surface area contributed by atoms with Crippen molar-refractivity contribution < 1.29 is 4.79 Å². The number of hydrogen-bond acceptors (Lipinski definition) is 6. The van der Waals surface area contributed by atoms with Gasteiger partial charge < -0.3 is 5.43 Å². The number of carbonyl (C=O) groups excluding carboxylic acids is 1. The van der Waals surface area contributed by atoms with Crippen LogP contribution in [0.25, 0.3) is 15.7 Å². The quantitative estimate of drug-likeness (QED) is 0.532. The molecule has 0 fully saturated rings. The third-order valence-electron chi connectivity index (χ3n) is 3.11. The van der Waals surface area contributed by atoms with Gasteiger partial charge in [0.05, 0.1) is 5.02 Å². The summed E-state index contributed by atoms with van der Waals surface area (Å²) < 4.78 is 0.944. The average molecular weight is 375 g/mol. The summed E-state index contributed by atoms with van der Waals surface area (Å²) in [5.74, 6) is -0.356. The Morgan fingerprint density at radius 3 is 2.88 bits per heavy atom. The zero-order valence-electron chi connectivity index (χ0n) is 12.5. The number of thiophene rings is 1. The number of rotatable bonds is 4. The molecular weight excluding hydrogens is 364 g/mol. The molecular formula is C16H11ClN4OS2. The molecule has 2 aromatic heterocycles. The summed E-state index contributed by atoms with van der Waals surface area (Å²) >= 11 is 8.95. The van der Waals surface area contributed by atoms with E-state index < -0.39 is 0 Å². The fraction of sp³-hybridized carbons (Fsp3) is 0.0625. The number of hydrazine groups is 1. The second kappa shape index (κ2) is 7.01. The van der Waals surface area contributed by atoms with E-state index in [1.54, 1.807) is 0 Å². The summed E-state index contributed by atoms with van der Waals surface area (Å²) in [5.41, 5.74) is 6.36. The first-order valence-corrected chi connectivity index (χ1v) is 8.93. The lowest BCUT2D eigenvalue weighted by Crippen LogP contribution is -2.33. The van der Waals surface area contributed by atoms with Crippen LogP contribution in [0.15, 0.2) is 35.8 Å². The van der Waals surface area contributed by atoms with E-state index in [1.165, 1.54) is 28.9 Å². The van der Waals surface area contributed by atoms with Crippen LogP contribution in [0.3, 0.4) is 0 Å². The molecule has 0 aliphatic rings. The number of thiazole rings is 1. The first-order chi connectivity index (χ1) is 11.6. The molecule has 1 aromatic carbocycles. The highest BCUT2D eigenvalue weighted by Gasteiger charge is 2.16. The van der Waals surface area contributed by atoms with Crippen LogP contribution in [-0.2, 0) is 0 Å². The van der Waals surface area contributed by atoms with Gasteiger partial charge in [-0.05, 0) is 13.0 Å². The van der Waals surface area contributed by atoms with Crippen molar-refractivity contribution in [3.05, 3.63) is 56.4 Å². The maximum Gasteiger partial charge on any atom is 0.281 e. The van der Waals surface area contributed by atoms with Crippen molar-refractivity contribution in [3.63, 3.8) is 0 Å². The van der Waals surface area contributed by atoms with Crippen molar-refractivity contribution in [1.82, 2.24) is 15.8 Å². The Hall–Kier alpha value is -2.40. The SMILES string of the molecule is Cc1csc(/C(C#N)=C/NNC(=O)c2sc3ccccc3c2Cl)n1. The Balaban J connectivity index is 1.74. The van der Waals surface area contributed by atoms with Gasteiger partial charge in [-0.15, -0.1) is 22.7 Å². The van der Waals surface area contributed by atoms with Crippen LogP contribution in [-0.4, -0.2) is 10.9 Å². The maximum absolute atomic E-state index is 12.3. The number of nitrogens with zero attached hydrogens (tertiary/aromatic N) is 2. The number of hydrogen-bond donors (Lipinski definition) is 2. The number of fused-ring (bicyclic) bond motifs is 1. The van der Waals surface area contributed by atoms with Crippen molar-refractivity contribution in [2.75, 3.05) is 0 Å². The predicted octanol–water partition coefficient (Wildman–Crippen LogP) is 4.12. The molecule has 0 aliphatic carbocycles. The monoisotopic (exact) mass is 374 g/mol. The predicted molar refractivity (Wildman–Crippen MR) is 97.9 cm³/mol. The molecule has 0 unspecified atom stereocenters. The van der Waals surface area contributed by atoms with Crippen LogP contribution in [0.1, 0.15) is 20.4 Å². The lowest BCUT2D eigenvalue weighted by atomic mass is 10.2. The van der Waals surface area contributed by atoms with Gasteiger partial charge >= 0.3 is 0 Å². The van der Waals surface area contributed by atoms with Crippen molar-refractivity contribution >= 4 is 55.8 Å². The van der Waals surface area contributed by atoms with E-state index in [0.717, 1.165) is 15.8 Å². The third kappa shape index (κ3) is 3.26. The summed E-state index contributed by atoms with van der Waals surface area (Å²) in [7, 11) is 0. The number of allylic oxidation sites excluding steroid dienone is 1. The lowest BCUT2D eigenvalue weighted by molar-refractivity contribution is 0.0945. The smallest absolute Gasteiger partial charge is 0.281 e. The molecule has 0 saturated heterocycles. The number of carbonyl (C=O) groups is 1. The number of nitrogens with one attached hydrogen (secondary N) is 2. The topological polar surface area (TPSA) is 77.8 Å². The second-order valence-electron chi connectivity index (χ2n) is 4.80. The maximum atomic E-state index is 12.3. The molecule has 120 valence electrons. The zero-order valence-corrected chi connectivity index (χ0v) is 14.9. The summed E-state index contributed by atoms with van der Waals surface area (Å²) in [4.78, 5) is 16.9. The number of nitriles is 1. The fourth-order valence-electron chi connectivity index (χ4n) is 2.01. The highest BCUT2D eigenvalue weighted by molar-refractivity contribution is 7.21.